The first-order valence-electron chi connectivity index (χ1n) is 5.83. The molecule has 6 heteroatoms. The quantitative estimate of drug-likeness (QED) is 0.339. The molecule has 1 rings (SSSR count). The number of carbonyl (C=O) groups is 4. The van der Waals surface area contributed by atoms with Gasteiger partial charge in [-0.3, -0.25) is 14.4 Å². The van der Waals surface area contributed by atoms with Gasteiger partial charge in [0.15, 0.2) is 5.78 Å². The minimum Gasteiger partial charge on any atom is -0.428 e. The number of hydrogen-bond donors (Lipinski definition) is 0. The van der Waals surface area contributed by atoms with Crippen molar-refractivity contribution in [1.29, 1.82) is 0 Å². The van der Waals surface area contributed by atoms with Gasteiger partial charge in [0.2, 0.25) is 6.79 Å². The number of rotatable bonds is 6. The average Bonchev–Trinajstić information content (AvgIpc) is 2.37. The zero-order valence-electron chi connectivity index (χ0n) is 11.2. The third-order valence-corrected chi connectivity index (χ3v) is 2.33. The van der Waals surface area contributed by atoms with Gasteiger partial charge in [-0.1, -0.05) is 12.1 Å². The summed E-state index contributed by atoms with van der Waals surface area (Å²) in [7, 11) is 0. The molecule has 0 spiro atoms. The molecule has 0 saturated heterocycles. The Bertz CT molecular complexity index is 529. The molecule has 0 aromatic heterocycles. The molecule has 0 bridgehead atoms. The third-order valence-electron chi connectivity index (χ3n) is 2.33. The third kappa shape index (κ3) is 5.01. The Morgan fingerprint density at radius 2 is 1.45 bits per heavy atom. The number of hydrogen-bond acceptors (Lipinski definition) is 6. The van der Waals surface area contributed by atoms with E-state index in [0.29, 0.717) is 5.56 Å². The van der Waals surface area contributed by atoms with E-state index in [2.05, 4.69) is 4.74 Å². The summed E-state index contributed by atoms with van der Waals surface area (Å²) >= 11 is 0. The SMILES string of the molecule is CC(=O)CC(=O)OCOC(=O)c1ccc(C(C)=O)cc1. The summed E-state index contributed by atoms with van der Waals surface area (Å²) < 4.78 is 9.25. The number of esters is 2. The molecule has 0 amide bonds. The van der Waals surface area contributed by atoms with Gasteiger partial charge in [-0.15, -0.1) is 0 Å². The molecule has 1 aromatic carbocycles. The Morgan fingerprint density at radius 3 is 1.95 bits per heavy atom. The monoisotopic (exact) mass is 278 g/mol. The van der Waals surface area contributed by atoms with Crippen LogP contribution in [0.5, 0.6) is 0 Å². The fraction of sp³-hybridized carbons (Fsp3) is 0.286. The van der Waals surface area contributed by atoms with E-state index >= 15 is 0 Å². The highest BCUT2D eigenvalue weighted by atomic mass is 16.7. The Labute approximate surface area is 115 Å². The van der Waals surface area contributed by atoms with E-state index in [-0.39, 0.29) is 23.6 Å². The molecule has 0 atom stereocenters. The molecule has 6 nitrogen and oxygen atoms in total. The van der Waals surface area contributed by atoms with Crippen molar-refractivity contribution in [2.75, 3.05) is 6.79 Å². The maximum absolute atomic E-state index is 11.6. The molecular formula is C14H14O6. The van der Waals surface area contributed by atoms with Crippen molar-refractivity contribution in [3.8, 4) is 0 Å². The Kier molecular flexibility index (Phi) is 5.58. The molecule has 0 unspecified atom stereocenters. The second-order valence-electron chi connectivity index (χ2n) is 4.08. The Balaban J connectivity index is 2.45. The van der Waals surface area contributed by atoms with Crippen LogP contribution in [0.3, 0.4) is 0 Å². The fourth-order valence-electron chi connectivity index (χ4n) is 1.33. The summed E-state index contributed by atoms with van der Waals surface area (Å²) in [6.45, 7) is 2.12. The van der Waals surface area contributed by atoms with Gasteiger partial charge in [0.25, 0.3) is 0 Å². The summed E-state index contributed by atoms with van der Waals surface area (Å²) in [6, 6.07) is 5.88. The van der Waals surface area contributed by atoms with Gasteiger partial charge in [-0.2, -0.15) is 0 Å². The maximum Gasteiger partial charge on any atom is 0.340 e. The lowest BCUT2D eigenvalue weighted by Gasteiger charge is -2.06. The molecule has 0 heterocycles. The van der Waals surface area contributed by atoms with Gasteiger partial charge in [0.1, 0.15) is 12.2 Å². The van der Waals surface area contributed by atoms with Crippen molar-refractivity contribution in [2.24, 2.45) is 0 Å². The summed E-state index contributed by atoms with van der Waals surface area (Å²) in [6.07, 6.45) is -0.356. The number of ether oxygens (including phenoxy) is 2. The smallest absolute Gasteiger partial charge is 0.340 e. The van der Waals surface area contributed by atoms with Crippen LogP contribution in [0.4, 0.5) is 0 Å². The van der Waals surface area contributed by atoms with E-state index in [0.717, 1.165) is 0 Å². The van der Waals surface area contributed by atoms with Gasteiger partial charge in [-0.05, 0) is 26.0 Å². The number of benzene rings is 1. The lowest BCUT2D eigenvalue weighted by atomic mass is 10.1. The van der Waals surface area contributed by atoms with Crippen molar-refractivity contribution < 1.29 is 28.7 Å². The Hall–Kier alpha value is -2.50. The minimum atomic E-state index is -0.753. The summed E-state index contributed by atoms with van der Waals surface area (Å²) in [5.41, 5.74) is 0.715. The van der Waals surface area contributed by atoms with Crippen LogP contribution in [-0.4, -0.2) is 30.3 Å². The first-order chi connectivity index (χ1) is 9.40. The van der Waals surface area contributed by atoms with Crippen LogP contribution in [-0.2, 0) is 19.1 Å². The van der Waals surface area contributed by atoms with Crippen molar-refractivity contribution in [3.05, 3.63) is 35.4 Å². The van der Waals surface area contributed by atoms with Crippen LogP contribution in [0.25, 0.3) is 0 Å². The number of Topliss-reactive ketones (excluding diaryl/α,β-unsaturated/α-hetero) is 2. The molecule has 0 aliphatic heterocycles. The van der Waals surface area contributed by atoms with Crippen LogP contribution < -0.4 is 0 Å². The molecule has 0 aliphatic rings. The van der Waals surface area contributed by atoms with Crippen LogP contribution in [0.2, 0.25) is 0 Å². The minimum absolute atomic E-state index is 0.108. The maximum atomic E-state index is 11.6. The summed E-state index contributed by atoms with van der Waals surface area (Å²) in [5.74, 6) is -1.88. The first kappa shape index (κ1) is 15.6. The van der Waals surface area contributed by atoms with Crippen molar-refractivity contribution >= 4 is 23.5 Å². The van der Waals surface area contributed by atoms with Crippen LogP contribution >= 0.6 is 0 Å². The zero-order chi connectivity index (χ0) is 15.1. The molecule has 0 radical (unpaired) electrons. The predicted molar refractivity (Wildman–Crippen MR) is 68.1 cm³/mol. The highest BCUT2D eigenvalue weighted by molar-refractivity contribution is 5.96. The highest BCUT2D eigenvalue weighted by Gasteiger charge is 2.10. The zero-order valence-corrected chi connectivity index (χ0v) is 11.2. The van der Waals surface area contributed by atoms with E-state index in [1.807, 2.05) is 0 Å². The van der Waals surface area contributed by atoms with E-state index in [1.165, 1.54) is 38.1 Å². The normalized spacial score (nSPS) is 9.70. The van der Waals surface area contributed by atoms with Gasteiger partial charge in [-0.25, -0.2) is 4.79 Å². The lowest BCUT2D eigenvalue weighted by molar-refractivity contribution is -0.153. The standard InChI is InChI=1S/C14H14O6/c1-9(15)7-13(17)19-8-20-14(18)12-5-3-11(4-6-12)10(2)16/h3-6H,7-8H2,1-2H3. The van der Waals surface area contributed by atoms with E-state index < -0.39 is 18.7 Å². The molecule has 1 aromatic rings. The lowest BCUT2D eigenvalue weighted by Crippen LogP contribution is -2.14. The van der Waals surface area contributed by atoms with Gasteiger partial charge >= 0.3 is 11.9 Å². The van der Waals surface area contributed by atoms with Crippen LogP contribution in [0, 0.1) is 0 Å². The molecule has 20 heavy (non-hydrogen) atoms. The van der Waals surface area contributed by atoms with E-state index in [1.54, 1.807) is 0 Å². The highest BCUT2D eigenvalue weighted by Crippen LogP contribution is 2.06. The van der Waals surface area contributed by atoms with Crippen LogP contribution in [0.15, 0.2) is 24.3 Å². The van der Waals surface area contributed by atoms with E-state index in [4.69, 9.17) is 4.74 Å². The largest absolute Gasteiger partial charge is 0.428 e. The summed E-state index contributed by atoms with van der Waals surface area (Å²) in [5, 5.41) is 0. The molecule has 0 fully saturated rings. The second kappa shape index (κ2) is 7.18. The second-order valence-corrected chi connectivity index (χ2v) is 4.08. The van der Waals surface area contributed by atoms with Crippen molar-refractivity contribution in [3.63, 3.8) is 0 Å². The molecule has 106 valence electrons. The van der Waals surface area contributed by atoms with Crippen molar-refractivity contribution in [1.82, 2.24) is 0 Å². The van der Waals surface area contributed by atoms with Crippen molar-refractivity contribution in [2.45, 2.75) is 20.3 Å². The first-order valence-corrected chi connectivity index (χ1v) is 5.83. The Morgan fingerprint density at radius 1 is 0.900 bits per heavy atom. The van der Waals surface area contributed by atoms with Gasteiger partial charge < -0.3 is 9.47 Å². The fourth-order valence-corrected chi connectivity index (χ4v) is 1.33. The molecule has 0 N–H and O–H groups in total. The average molecular weight is 278 g/mol. The molecule has 0 saturated carbocycles. The molecular weight excluding hydrogens is 264 g/mol. The molecule has 0 aliphatic carbocycles. The number of carbonyl (C=O) groups excluding carboxylic acids is 4. The predicted octanol–water partition coefficient (Wildman–Crippen LogP) is 1.53. The topological polar surface area (TPSA) is 86.7 Å². The summed E-state index contributed by atoms with van der Waals surface area (Å²) in [4.78, 5) is 44.3. The van der Waals surface area contributed by atoms with Crippen LogP contribution in [0.1, 0.15) is 41.0 Å². The number of ketones is 2. The van der Waals surface area contributed by atoms with Gasteiger partial charge in [0.05, 0.1) is 5.56 Å². The van der Waals surface area contributed by atoms with E-state index in [9.17, 15) is 19.2 Å². The van der Waals surface area contributed by atoms with Gasteiger partial charge in [0, 0.05) is 5.56 Å².